The zero-order valence-electron chi connectivity index (χ0n) is 16.4. The lowest BCUT2D eigenvalue weighted by molar-refractivity contribution is 0.254. The van der Waals surface area contributed by atoms with Gasteiger partial charge in [0.25, 0.3) is 0 Å². The van der Waals surface area contributed by atoms with E-state index < -0.39 is 0 Å². The third kappa shape index (κ3) is 7.62. The number of hydrogen-bond donors (Lipinski definition) is 2. The minimum Gasteiger partial charge on any atom is -0.357 e. The molecule has 2 N–H and O–H groups in total. The van der Waals surface area contributed by atoms with Crippen LogP contribution in [-0.4, -0.2) is 49.1 Å². The van der Waals surface area contributed by atoms with E-state index in [0.29, 0.717) is 24.4 Å². The van der Waals surface area contributed by atoms with Gasteiger partial charge in [-0.25, -0.2) is 9.98 Å². The van der Waals surface area contributed by atoms with Crippen LogP contribution in [0.2, 0.25) is 0 Å². The van der Waals surface area contributed by atoms with Crippen LogP contribution in [0.3, 0.4) is 0 Å². The second-order valence-corrected chi connectivity index (χ2v) is 8.09. The van der Waals surface area contributed by atoms with Gasteiger partial charge in [0.2, 0.25) is 0 Å². The van der Waals surface area contributed by atoms with Gasteiger partial charge in [-0.2, -0.15) is 0 Å². The normalized spacial score (nSPS) is 13.8. The molecule has 1 unspecified atom stereocenters. The van der Waals surface area contributed by atoms with Gasteiger partial charge in [-0.15, -0.1) is 11.3 Å². The van der Waals surface area contributed by atoms with Crippen molar-refractivity contribution in [3.05, 3.63) is 16.1 Å². The van der Waals surface area contributed by atoms with Crippen LogP contribution in [0, 0.1) is 5.92 Å². The molecule has 0 radical (unpaired) electrons. The molecule has 138 valence electrons. The minimum atomic E-state index is 0.474. The van der Waals surface area contributed by atoms with Crippen molar-refractivity contribution in [1.82, 2.24) is 20.5 Å². The van der Waals surface area contributed by atoms with Crippen molar-refractivity contribution in [2.45, 2.75) is 59.5 Å². The molecule has 24 heavy (non-hydrogen) atoms. The van der Waals surface area contributed by atoms with Crippen LogP contribution in [-0.2, 0) is 6.54 Å². The first-order valence-corrected chi connectivity index (χ1v) is 9.84. The first kappa shape index (κ1) is 20.9. The zero-order chi connectivity index (χ0) is 18.1. The van der Waals surface area contributed by atoms with Gasteiger partial charge in [-0.1, -0.05) is 27.7 Å². The molecule has 1 aromatic rings. The first-order chi connectivity index (χ1) is 11.3. The maximum absolute atomic E-state index is 4.69. The van der Waals surface area contributed by atoms with Crippen molar-refractivity contribution >= 4 is 17.3 Å². The lowest BCUT2D eigenvalue weighted by Crippen LogP contribution is -2.45. The molecule has 1 atom stereocenters. The fourth-order valence-electron chi connectivity index (χ4n) is 2.39. The summed E-state index contributed by atoms with van der Waals surface area (Å²) >= 11 is 1.69. The predicted molar refractivity (Wildman–Crippen MR) is 106 cm³/mol. The Morgan fingerprint density at radius 1 is 1.25 bits per heavy atom. The van der Waals surface area contributed by atoms with Gasteiger partial charge in [0.15, 0.2) is 5.96 Å². The summed E-state index contributed by atoms with van der Waals surface area (Å²) in [5, 5.41) is 10.0. The van der Waals surface area contributed by atoms with E-state index in [2.05, 4.69) is 74.6 Å². The molecule has 0 aliphatic heterocycles. The summed E-state index contributed by atoms with van der Waals surface area (Å²) in [4.78, 5) is 11.6. The molecule has 0 fully saturated rings. The molecule has 0 spiro atoms. The van der Waals surface area contributed by atoms with Crippen LogP contribution >= 0.6 is 11.3 Å². The molecule has 0 saturated heterocycles. The van der Waals surface area contributed by atoms with Crippen LogP contribution < -0.4 is 10.6 Å². The molecule has 0 amide bonds. The Morgan fingerprint density at radius 2 is 1.96 bits per heavy atom. The van der Waals surface area contributed by atoms with Crippen molar-refractivity contribution in [3.8, 4) is 0 Å². The third-order valence-corrected chi connectivity index (χ3v) is 4.71. The van der Waals surface area contributed by atoms with E-state index >= 15 is 0 Å². The van der Waals surface area contributed by atoms with E-state index in [9.17, 15) is 0 Å². The van der Waals surface area contributed by atoms with Crippen molar-refractivity contribution in [2.24, 2.45) is 10.9 Å². The molecular formula is C18H35N5S. The second kappa shape index (κ2) is 10.7. The maximum atomic E-state index is 4.69. The van der Waals surface area contributed by atoms with Crippen molar-refractivity contribution in [3.63, 3.8) is 0 Å². The van der Waals surface area contributed by atoms with Gasteiger partial charge in [0.1, 0.15) is 5.01 Å². The Kier molecular flexibility index (Phi) is 9.29. The fourth-order valence-corrected chi connectivity index (χ4v) is 3.27. The van der Waals surface area contributed by atoms with Gasteiger partial charge >= 0.3 is 0 Å². The standard InChI is InChI=1S/C18H35N5S/c1-8-19-18(20-10-15(23(6)7)9-13(2)3)21-11-17-22-16(12-24-17)14(4)5/h12-15H,8-11H2,1-7H3,(H2,19,20,21). The summed E-state index contributed by atoms with van der Waals surface area (Å²) in [6.07, 6.45) is 1.17. The van der Waals surface area contributed by atoms with Crippen molar-refractivity contribution in [2.75, 3.05) is 27.2 Å². The van der Waals surface area contributed by atoms with Gasteiger partial charge in [-0.3, -0.25) is 0 Å². The quantitative estimate of drug-likeness (QED) is 0.528. The van der Waals surface area contributed by atoms with Gasteiger partial charge in [0, 0.05) is 24.5 Å². The number of nitrogens with zero attached hydrogens (tertiary/aromatic N) is 3. The van der Waals surface area contributed by atoms with Gasteiger partial charge in [0.05, 0.1) is 12.2 Å². The highest BCUT2D eigenvalue weighted by Crippen LogP contribution is 2.18. The lowest BCUT2D eigenvalue weighted by Gasteiger charge is -2.27. The SMILES string of the molecule is CCNC(=NCc1nc(C(C)C)cs1)NCC(CC(C)C)N(C)C. The monoisotopic (exact) mass is 353 g/mol. The number of aromatic nitrogens is 1. The Labute approximate surface area is 152 Å². The number of aliphatic imine (C=N–C) groups is 1. The number of likely N-dealkylation sites (N-methyl/N-ethyl adjacent to an activating group) is 1. The fraction of sp³-hybridized carbons (Fsp3) is 0.778. The second-order valence-electron chi connectivity index (χ2n) is 7.14. The molecule has 0 bridgehead atoms. The van der Waals surface area contributed by atoms with Crippen LogP contribution in [0.4, 0.5) is 0 Å². The highest BCUT2D eigenvalue weighted by molar-refractivity contribution is 7.09. The Balaban J connectivity index is 2.63. The predicted octanol–water partition coefficient (Wildman–Crippen LogP) is 3.30. The maximum Gasteiger partial charge on any atom is 0.191 e. The molecule has 0 aliphatic carbocycles. The van der Waals surface area contributed by atoms with E-state index in [1.807, 2.05) is 0 Å². The van der Waals surface area contributed by atoms with Gasteiger partial charge in [-0.05, 0) is 39.3 Å². The summed E-state index contributed by atoms with van der Waals surface area (Å²) in [7, 11) is 4.28. The van der Waals surface area contributed by atoms with Gasteiger partial charge < -0.3 is 15.5 Å². The Hall–Kier alpha value is -1.14. The summed E-state index contributed by atoms with van der Waals surface area (Å²) in [6.45, 7) is 13.4. The van der Waals surface area contributed by atoms with Crippen LogP contribution in [0.5, 0.6) is 0 Å². The van der Waals surface area contributed by atoms with Crippen molar-refractivity contribution < 1.29 is 0 Å². The molecule has 0 aliphatic rings. The molecule has 0 aromatic carbocycles. The van der Waals surface area contributed by atoms with E-state index in [0.717, 1.165) is 29.8 Å². The zero-order valence-corrected chi connectivity index (χ0v) is 17.2. The van der Waals surface area contributed by atoms with E-state index in [1.54, 1.807) is 11.3 Å². The van der Waals surface area contributed by atoms with E-state index in [1.165, 1.54) is 6.42 Å². The minimum absolute atomic E-state index is 0.474. The first-order valence-electron chi connectivity index (χ1n) is 8.96. The third-order valence-electron chi connectivity index (χ3n) is 3.86. The van der Waals surface area contributed by atoms with Crippen LogP contribution in [0.25, 0.3) is 0 Å². The number of thiazole rings is 1. The highest BCUT2D eigenvalue weighted by Gasteiger charge is 2.14. The van der Waals surface area contributed by atoms with Crippen LogP contribution in [0.15, 0.2) is 10.4 Å². The lowest BCUT2D eigenvalue weighted by atomic mass is 10.0. The molecule has 5 nitrogen and oxygen atoms in total. The summed E-state index contributed by atoms with van der Waals surface area (Å²) < 4.78 is 0. The molecule has 6 heteroatoms. The Morgan fingerprint density at radius 3 is 2.46 bits per heavy atom. The average molecular weight is 354 g/mol. The molecule has 1 aromatic heterocycles. The molecule has 1 rings (SSSR count). The van der Waals surface area contributed by atoms with Crippen molar-refractivity contribution in [1.29, 1.82) is 0 Å². The average Bonchev–Trinajstić information content (AvgIpc) is 2.97. The van der Waals surface area contributed by atoms with E-state index in [-0.39, 0.29) is 0 Å². The number of hydrogen-bond acceptors (Lipinski definition) is 4. The number of guanidine groups is 1. The molecule has 1 heterocycles. The smallest absolute Gasteiger partial charge is 0.191 e. The largest absolute Gasteiger partial charge is 0.357 e. The Bertz CT molecular complexity index is 493. The summed E-state index contributed by atoms with van der Waals surface area (Å²) in [5.74, 6) is 2.03. The highest BCUT2D eigenvalue weighted by atomic mass is 32.1. The summed E-state index contributed by atoms with van der Waals surface area (Å²) in [5.41, 5.74) is 1.16. The molecule has 0 saturated carbocycles. The van der Waals surface area contributed by atoms with Crippen LogP contribution in [0.1, 0.15) is 57.7 Å². The number of rotatable bonds is 9. The molecular weight excluding hydrogens is 318 g/mol. The topological polar surface area (TPSA) is 52.6 Å². The summed E-state index contributed by atoms with van der Waals surface area (Å²) in [6, 6.07) is 0.501. The number of nitrogens with one attached hydrogen (secondary N) is 2. The van der Waals surface area contributed by atoms with E-state index in [4.69, 9.17) is 4.99 Å².